The van der Waals surface area contributed by atoms with Gasteiger partial charge in [-0.25, -0.2) is 0 Å². The molecule has 0 saturated heterocycles. The molecule has 30 heavy (non-hydrogen) atoms. The molecular formula is C24H33NO5. The van der Waals surface area contributed by atoms with E-state index in [1.165, 1.54) is 0 Å². The molecule has 0 saturated carbocycles. The van der Waals surface area contributed by atoms with Gasteiger partial charge in [-0.2, -0.15) is 0 Å². The van der Waals surface area contributed by atoms with Gasteiger partial charge in [-0.15, -0.1) is 13.2 Å². The van der Waals surface area contributed by atoms with Crippen molar-refractivity contribution in [3.63, 3.8) is 0 Å². The molecule has 0 aliphatic heterocycles. The minimum absolute atomic E-state index is 0.0513. The number of hydrogen-bond donors (Lipinski definition) is 1. The van der Waals surface area contributed by atoms with Gasteiger partial charge >= 0.3 is 11.9 Å². The number of nitrogens with one attached hydrogen (secondary N) is 1. The topological polar surface area (TPSA) is 81.7 Å². The van der Waals surface area contributed by atoms with Crippen molar-refractivity contribution in [2.24, 2.45) is 5.92 Å². The first-order chi connectivity index (χ1) is 14.2. The maximum Gasteiger partial charge on any atom is 0.307 e. The molecule has 0 heterocycles. The number of amides is 1. The van der Waals surface area contributed by atoms with Crippen LogP contribution in [-0.4, -0.2) is 30.0 Å². The smallest absolute Gasteiger partial charge is 0.307 e. The van der Waals surface area contributed by atoms with Crippen LogP contribution in [0.3, 0.4) is 0 Å². The van der Waals surface area contributed by atoms with Gasteiger partial charge in [0.1, 0.15) is 11.7 Å². The minimum atomic E-state index is -0.627. The fraction of sp³-hybridized carbons (Fsp3) is 0.458. The number of hydrogen-bond acceptors (Lipinski definition) is 5. The Kier molecular flexibility index (Phi) is 10.6. The normalized spacial score (nSPS) is 12.9. The van der Waals surface area contributed by atoms with Crippen LogP contribution in [0.25, 0.3) is 0 Å². The summed E-state index contributed by atoms with van der Waals surface area (Å²) in [7, 11) is 0. The van der Waals surface area contributed by atoms with E-state index in [0.717, 1.165) is 5.56 Å². The number of carbonyl (C=O) groups is 3. The predicted molar refractivity (Wildman–Crippen MR) is 116 cm³/mol. The summed E-state index contributed by atoms with van der Waals surface area (Å²) >= 11 is 0. The Balaban J connectivity index is 2.79. The number of esters is 2. The largest absolute Gasteiger partial charge is 0.460 e. The lowest BCUT2D eigenvalue weighted by Crippen LogP contribution is -2.36. The average Bonchev–Trinajstić information content (AvgIpc) is 2.68. The second-order valence-corrected chi connectivity index (χ2v) is 7.97. The number of rotatable bonds is 12. The van der Waals surface area contributed by atoms with Gasteiger partial charge in [-0.1, -0.05) is 42.5 Å². The van der Waals surface area contributed by atoms with Gasteiger partial charge in [-0.3, -0.25) is 14.4 Å². The third-order valence-corrected chi connectivity index (χ3v) is 4.11. The molecule has 1 unspecified atom stereocenters. The molecule has 0 aliphatic carbocycles. The van der Waals surface area contributed by atoms with Crippen LogP contribution in [-0.2, 0) is 23.9 Å². The standard InChI is InChI=1S/C24H33NO5/c1-6-8-15-21(26)29-20(18-13-10-9-11-14-18)17-25-23(28)19(12-7-2)16-22(27)30-24(3,4)5/h6-7,9-11,13-14,19-20H,1-2,8,12,15-17H2,3-5H3,(H,25,28)/t19?,20-/m1/s1. The molecule has 6 nitrogen and oxygen atoms in total. The lowest BCUT2D eigenvalue weighted by Gasteiger charge is -2.23. The molecule has 0 bridgehead atoms. The molecule has 0 radical (unpaired) electrons. The maximum absolute atomic E-state index is 12.7. The van der Waals surface area contributed by atoms with Crippen LogP contribution in [0.4, 0.5) is 0 Å². The van der Waals surface area contributed by atoms with Crippen LogP contribution in [0.2, 0.25) is 0 Å². The Hall–Kier alpha value is -2.89. The number of benzene rings is 1. The molecule has 0 fully saturated rings. The molecule has 0 spiro atoms. The van der Waals surface area contributed by atoms with Crippen molar-refractivity contribution in [2.45, 2.75) is 58.2 Å². The van der Waals surface area contributed by atoms with Crippen LogP contribution < -0.4 is 5.32 Å². The highest BCUT2D eigenvalue weighted by atomic mass is 16.6. The van der Waals surface area contributed by atoms with E-state index in [-0.39, 0.29) is 31.3 Å². The minimum Gasteiger partial charge on any atom is -0.460 e. The van der Waals surface area contributed by atoms with E-state index in [1.54, 1.807) is 32.9 Å². The molecular weight excluding hydrogens is 382 g/mol. The summed E-state index contributed by atoms with van der Waals surface area (Å²) in [6.45, 7) is 12.7. The van der Waals surface area contributed by atoms with Crippen molar-refractivity contribution < 1.29 is 23.9 Å². The van der Waals surface area contributed by atoms with Gasteiger partial charge in [0, 0.05) is 6.42 Å². The Labute approximate surface area is 179 Å². The van der Waals surface area contributed by atoms with Crippen molar-refractivity contribution >= 4 is 17.8 Å². The van der Waals surface area contributed by atoms with E-state index in [1.807, 2.05) is 30.3 Å². The van der Waals surface area contributed by atoms with E-state index in [4.69, 9.17) is 9.47 Å². The molecule has 164 valence electrons. The van der Waals surface area contributed by atoms with Gasteiger partial charge in [0.15, 0.2) is 0 Å². The highest BCUT2D eigenvalue weighted by molar-refractivity contribution is 5.84. The molecule has 0 aliphatic rings. The predicted octanol–water partition coefficient (Wildman–Crippen LogP) is 4.28. The summed E-state index contributed by atoms with van der Waals surface area (Å²) in [6, 6.07) is 9.20. The molecule has 6 heteroatoms. The van der Waals surface area contributed by atoms with E-state index >= 15 is 0 Å². The second-order valence-electron chi connectivity index (χ2n) is 7.97. The quantitative estimate of drug-likeness (QED) is 0.407. The lowest BCUT2D eigenvalue weighted by atomic mass is 10.00. The SMILES string of the molecule is C=CCCC(=O)O[C@H](CNC(=O)C(CC=C)CC(=O)OC(C)(C)C)c1ccccc1. The highest BCUT2D eigenvalue weighted by Gasteiger charge is 2.26. The van der Waals surface area contributed by atoms with Gasteiger partial charge in [0.25, 0.3) is 0 Å². The molecule has 1 rings (SSSR count). The van der Waals surface area contributed by atoms with E-state index in [9.17, 15) is 14.4 Å². The first-order valence-electron chi connectivity index (χ1n) is 10.1. The maximum atomic E-state index is 12.7. The molecule has 1 aromatic rings. The third kappa shape index (κ3) is 10.0. The molecule has 0 aromatic heterocycles. The number of allylic oxidation sites excluding steroid dienone is 2. The summed E-state index contributed by atoms with van der Waals surface area (Å²) in [5.41, 5.74) is 0.154. The molecule has 1 amide bonds. The van der Waals surface area contributed by atoms with Gasteiger partial charge in [0.05, 0.1) is 18.9 Å². The van der Waals surface area contributed by atoms with Crippen LogP contribution in [0.1, 0.15) is 58.1 Å². The van der Waals surface area contributed by atoms with Crippen LogP contribution in [0, 0.1) is 5.92 Å². The lowest BCUT2D eigenvalue weighted by molar-refractivity contribution is -0.157. The zero-order chi connectivity index (χ0) is 22.6. The average molecular weight is 416 g/mol. The van der Waals surface area contributed by atoms with E-state index < -0.39 is 23.6 Å². The van der Waals surface area contributed by atoms with E-state index in [2.05, 4.69) is 18.5 Å². The highest BCUT2D eigenvalue weighted by Crippen LogP contribution is 2.19. The Bertz CT molecular complexity index is 721. The zero-order valence-electron chi connectivity index (χ0n) is 18.2. The first-order valence-corrected chi connectivity index (χ1v) is 10.1. The Morgan fingerprint density at radius 1 is 1.07 bits per heavy atom. The monoisotopic (exact) mass is 415 g/mol. The number of carbonyl (C=O) groups excluding carboxylic acids is 3. The van der Waals surface area contributed by atoms with Crippen LogP contribution in [0.15, 0.2) is 55.6 Å². The summed E-state index contributed by atoms with van der Waals surface area (Å²) in [6.07, 6.45) is 3.64. The summed E-state index contributed by atoms with van der Waals surface area (Å²) in [4.78, 5) is 36.9. The fourth-order valence-electron chi connectivity index (χ4n) is 2.74. The van der Waals surface area contributed by atoms with Crippen molar-refractivity contribution in [3.05, 3.63) is 61.2 Å². The number of ether oxygens (including phenoxy) is 2. The van der Waals surface area contributed by atoms with Gasteiger partial charge in [-0.05, 0) is 39.2 Å². The summed E-state index contributed by atoms with van der Waals surface area (Å²) in [5, 5.41) is 2.80. The van der Waals surface area contributed by atoms with Crippen molar-refractivity contribution in [3.8, 4) is 0 Å². The van der Waals surface area contributed by atoms with Gasteiger partial charge in [0.2, 0.25) is 5.91 Å². The van der Waals surface area contributed by atoms with Crippen molar-refractivity contribution in [2.75, 3.05) is 6.54 Å². The Morgan fingerprint density at radius 3 is 2.30 bits per heavy atom. The summed E-state index contributed by atoms with van der Waals surface area (Å²) in [5.74, 6) is -1.73. The molecule has 1 aromatic carbocycles. The van der Waals surface area contributed by atoms with E-state index in [0.29, 0.717) is 12.8 Å². The Morgan fingerprint density at radius 2 is 1.73 bits per heavy atom. The third-order valence-electron chi connectivity index (χ3n) is 4.11. The van der Waals surface area contributed by atoms with Crippen LogP contribution >= 0.6 is 0 Å². The van der Waals surface area contributed by atoms with Gasteiger partial charge < -0.3 is 14.8 Å². The fourth-order valence-corrected chi connectivity index (χ4v) is 2.74. The zero-order valence-corrected chi connectivity index (χ0v) is 18.2. The second kappa shape index (κ2) is 12.6. The van der Waals surface area contributed by atoms with Crippen molar-refractivity contribution in [1.82, 2.24) is 5.32 Å². The first kappa shape index (κ1) is 25.1. The summed E-state index contributed by atoms with van der Waals surface area (Å²) < 4.78 is 10.9. The van der Waals surface area contributed by atoms with Crippen molar-refractivity contribution in [1.29, 1.82) is 0 Å². The van der Waals surface area contributed by atoms with Crippen LogP contribution in [0.5, 0.6) is 0 Å². The molecule has 2 atom stereocenters. The molecule has 1 N–H and O–H groups in total.